The molecule has 0 saturated heterocycles. The molecule has 0 spiro atoms. The van der Waals surface area contributed by atoms with Gasteiger partial charge in [-0.05, 0) is 52.4 Å². The molecule has 0 unspecified atom stereocenters. The van der Waals surface area contributed by atoms with Crippen LogP contribution >= 0.6 is 15.9 Å². The van der Waals surface area contributed by atoms with Crippen LogP contribution in [0.3, 0.4) is 0 Å². The fraction of sp³-hybridized carbons (Fsp3) is 0.389. The van der Waals surface area contributed by atoms with Crippen molar-refractivity contribution in [3.63, 3.8) is 0 Å². The summed E-state index contributed by atoms with van der Waals surface area (Å²) in [5.41, 5.74) is 3.59. The number of hydrogen-bond acceptors (Lipinski definition) is 2. The van der Waals surface area contributed by atoms with E-state index >= 15 is 0 Å². The Morgan fingerprint density at radius 2 is 1.90 bits per heavy atom. The van der Waals surface area contributed by atoms with Crippen LogP contribution in [0, 0.1) is 6.92 Å². The van der Waals surface area contributed by atoms with Gasteiger partial charge in [0.2, 0.25) is 5.88 Å². The molecule has 2 nitrogen and oxygen atoms in total. The number of nitrogens with zero attached hydrogens (tertiary/aromatic N) is 1. The molecule has 1 aromatic carbocycles. The van der Waals surface area contributed by atoms with Crippen LogP contribution in [0.15, 0.2) is 34.9 Å². The van der Waals surface area contributed by atoms with E-state index in [4.69, 9.17) is 4.74 Å². The van der Waals surface area contributed by atoms with E-state index in [2.05, 4.69) is 66.8 Å². The first-order valence-corrected chi connectivity index (χ1v) is 8.04. The van der Waals surface area contributed by atoms with Crippen LogP contribution in [-0.4, -0.2) is 4.98 Å². The smallest absolute Gasteiger partial charge is 0.222 e. The molecule has 0 aliphatic rings. The number of hydrogen-bond donors (Lipinski definition) is 0. The number of aromatic nitrogens is 1. The molecular formula is C18H22BrNO. The van der Waals surface area contributed by atoms with Crippen molar-refractivity contribution in [2.45, 2.75) is 46.5 Å². The standard InChI is InChI=1S/C18H22BrNO/c1-6-13-7-8-16(15(10-13)18(3,4)5)21-17-12(2)9-14(19)11-20-17/h7-11H,6H2,1-5H3. The highest BCUT2D eigenvalue weighted by atomic mass is 79.9. The van der Waals surface area contributed by atoms with Gasteiger partial charge in [0.05, 0.1) is 0 Å². The molecule has 21 heavy (non-hydrogen) atoms. The Morgan fingerprint density at radius 3 is 2.48 bits per heavy atom. The minimum Gasteiger partial charge on any atom is -0.438 e. The molecule has 0 N–H and O–H groups in total. The van der Waals surface area contributed by atoms with Gasteiger partial charge in [-0.3, -0.25) is 0 Å². The van der Waals surface area contributed by atoms with Gasteiger partial charge < -0.3 is 4.74 Å². The van der Waals surface area contributed by atoms with Gasteiger partial charge in [0.15, 0.2) is 0 Å². The normalized spacial score (nSPS) is 11.5. The molecule has 0 atom stereocenters. The van der Waals surface area contributed by atoms with Gasteiger partial charge in [-0.1, -0.05) is 39.8 Å². The minimum atomic E-state index is 0.0315. The summed E-state index contributed by atoms with van der Waals surface area (Å²) in [6, 6.07) is 8.43. The quantitative estimate of drug-likeness (QED) is 0.699. The molecule has 2 rings (SSSR count). The number of ether oxygens (including phenoxy) is 1. The van der Waals surface area contributed by atoms with Gasteiger partial charge in [0.1, 0.15) is 5.75 Å². The van der Waals surface area contributed by atoms with E-state index in [1.807, 2.05) is 13.0 Å². The maximum Gasteiger partial charge on any atom is 0.222 e. The Morgan fingerprint density at radius 1 is 1.19 bits per heavy atom. The number of benzene rings is 1. The van der Waals surface area contributed by atoms with Gasteiger partial charge in [0, 0.05) is 21.8 Å². The van der Waals surface area contributed by atoms with Crippen molar-refractivity contribution in [1.29, 1.82) is 0 Å². The molecule has 0 aliphatic carbocycles. The first-order valence-electron chi connectivity index (χ1n) is 7.24. The highest BCUT2D eigenvalue weighted by Crippen LogP contribution is 2.35. The topological polar surface area (TPSA) is 22.1 Å². The fourth-order valence-corrected chi connectivity index (χ4v) is 2.66. The summed E-state index contributed by atoms with van der Waals surface area (Å²) >= 11 is 3.43. The van der Waals surface area contributed by atoms with E-state index in [-0.39, 0.29) is 5.41 Å². The summed E-state index contributed by atoms with van der Waals surface area (Å²) in [6.07, 6.45) is 2.79. The van der Waals surface area contributed by atoms with Crippen molar-refractivity contribution in [2.24, 2.45) is 0 Å². The predicted molar refractivity (Wildman–Crippen MR) is 91.3 cm³/mol. The maximum absolute atomic E-state index is 6.09. The highest BCUT2D eigenvalue weighted by molar-refractivity contribution is 9.10. The van der Waals surface area contributed by atoms with E-state index < -0.39 is 0 Å². The van der Waals surface area contributed by atoms with Crippen LogP contribution in [-0.2, 0) is 11.8 Å². The third-order valence-electron chi connectivity index (χ3n) is 3.46. The summed E-state index contributed by atoms with van der Waals surface area (Å²) in [5.74, 6) is 1.55. The Kier molecular flexibility index (Phi) is 4.72. The average molecular weight is 348 g/mol. The fourth-order valence-electron chi connectivity index (χ4n) is 2.21. The lowest BCUT2D eigenvalue weighted by molar-refractivity contribution is 0.436. The Hall–Kier alpha value is -1.35. The molecule has 1 aromatic heterocycles. The van der Waals surface area contributed by atoms with Crippen molar-refractivity contribution in [3.05, 3.63) is 51.6 Å². The monoisotopic (exact) mass is 347 g/mol. The summed E-state index contributed by atoms with van der Waals surface area (Å²) in [4.78, 5) is 4.37. The molecular weight excluding hydrogens is 326 g/mol. The Labute approximate surface area is 135 Å². The van der Waals surface area contributed by atoms with Crippen LogP contribution in [0.1, 0.15) is 44.4 Å². The first-order chi connectivity index (χ1) is 9.81. The third-order valence-corrected chi connectivity index (χ3v) is 3.90. The lowest BCUT2D eigenvalue weighted by atomic mass is 9.85. The van der Waals surface area contributed by atoms with Crippen LogP contribution < -0.4 is 4.74 Å². The molecule has 0 aliphatic heterocycles. The zero-order chi connectivity index (χ0) is 15.6. The SMILES string of the molecule is CCc1ccc(Oc2ncc(Br)cc2C)c(C(C)(C)C)c1. The van der Waals surface area contributed by atoms with Crippen molar-refractivity contribution >= 4 is 15.9 Å². The van der Waals surface area contributed by atoms with Gasteiger partial charge in [-0.15, -0.1) is 0 Å². The molecule has 112 valence electrons. The second-order valence-corrected chi connectivity index (χ2v) is 7.23. The predicted octanol–water partition coefficient (Wildman–Crippen LogP) is 5.80. The molecule has 1 heterocycles. The molecule has 0 amide bonds. The van der Waals surface area contributed by atoms with E-state index in [0.29, 0.717) is 5.88 Å². The number of pyridine rings is 1. The average Bonchev–Trinajstić information content (AvgIpc) is 2.41. The number of aryl methyl sites for hydroxylation is 2. The van der Waals surface area contributed by atoms with Crippen LogP contribution in [0.4, 0.5) is 0 Å². The van der Waals surface area contributed by atoms with Crippen molar-refractivity contribution < 1.29 is 4.74 Å². The zero-order valence-corrected chi connectivity index (χ0v) is 14.9. The lowest BCUT2D eigenvalue weighted by Gasteiger charge is -2.23. The molecule has 3 heteroatoms. The van der Waals surface area contributed by atoms with E-state index in [1.54, 1.807) is 6.20 Å². The zero-order valence-electron chi connectivity index (χ0n) is 13.3. The maximum atomic E-state index is 6.09. The first kappa shape index (κ1) is 16.0. The van der Waals surface area contributed by atoms with Gasteiger partial charge in [0.25, 0.3) is 0 Å². The molecule has 0 bridgehead atoms. The van der Waals surface area contributed by atoms with Crippen LogP contribution in [0.5, 0.6) is 11.6 Å². The lowest BCUT2D eigenvalue weighted by Crippen LogP contribution is -2.13. The summed E-state index contributed by atoms with van der Waals surface area (Å²) in [7, 11) is 0. The van der Waals surface area contributed by atoms with E-state index in [9.17, 15) is 0 Å². The van der Waals surface area contributed by atoms with Crippen LogP contribution in [0.25, 0.3) is 0 Å². The summed E-state index contributed by atoms with van der Waals surface area (Å²) < 4.78 is 7.05. The van der Waals surface area contributed by atoms with Crippen molar-refractivity contribution in [2.75, 3.05) is 0 Å². The molecule has 2 aromatic rings. The Balaban J connectivity index is 2.44. The van der Waals surface area contributed by atoms with Crippen LogP contribution in [0.2, 0.25) is 0 Å². The summed E-state index contributed by atoms with van der Waals surface area (Å²) in [6.45, 7) is 10.8. The van der Waals surface area contributed by atoms with E-state index in [1.165, 1.54) is 11.1 Å². The largest absolute Gasteiger partial charge is 0.438 e. The third kappa shape index (κ3) is 3.85. The van der Waals surface area contributed by atoms with E-state index in [0.717, 1.165) is 22.2 Å². The second-order valence-electron chi connectivity index (χ2n) is 6.31. The van der Waals surface area contributed by atoms with Gasteiger partial charge >= 0.3 is 0 Å². The Bertz CT molecular complexity index is 644. The molecule has 0 fully saturated rings. The van der Waals surface area contributed by atoms with Crippen molar-refractivity contribution in [1.82, 2.24) is 4.98 Å². The molecule has 0 radical (unpaired) electrons. The molecule has 0 saturated carbocycles. The second kappa shape index (κ2) is 6.18. The summed E-state index contributed by atoms with van der Waals surface area (Å²) in [5, 5.41) is 0. The van der Waals surface area contributed by atoms with Gasteiger partial charge in [-0.2, -0.15) is 0 Å². The number of halogens is 1. The highest BCUT2D eigenvalue weighted by Gasteiger charge is 2.20. The van der Waals surface area contributed by atoms with Gasteiger partial charge in [-0.25, -0.2) is 4.98 Å². The minimum absolute atomic E-state index is 0.0315. The van der Waals surface area contributed by atoms with Crippen molar-refractivity contribution in [3.8, 4) is 11.6 Å². The number of rotatable bonds is 3.